The summed E-state index contributed by atoms with van der Waals surface area (Å²) in [7, 11) is 0. The second-order valence-electron chi connectivity index (χ2n) is 7.08. The maximum Gasteiger partial charge on any atom is 0.338 e. The highest BCUT2D eigenvalue weighted by Gasteiger charge is 2.35. The van der Waals surface area contributed by atoms with Gasteiger partial charge in [0.15, 0.2) is 11.5 Å². The molecule has 8 heteroatoms. The number of amides is 2. The summed E-state index contributed by atoms with van der Waals surface area (Å²) in [5, 5.41) is 2.79. The molecule has 2 aromatic carbocycles. The van der Waals surface area contributed by atoms with Gasteiger partial charge in [0.1, 0.15) is 5.52 Å². The van der Waals surface area contributed by atoms with E-state index < -0.39 is 11.9 Å². The third-order valence-electron chi connectivity index (χ3n) is 4.93. The molecule has 154 valence electrons. The van der Waals surface area contributed by atoms with Crippen LogP contribution in [0.2, 0.25) is 0 Å². The molecule has 30 heavy (non-hydrogen) atoms. The monoisotopic (exact) mass is 407 g/mol. The summed E-state index contributed by atoms with van der Waals surface area (Å²) >= 11 is 0. The fourth-order valence-corrected chi connectivity index (χ4v) is 3.51. The molecule has 3 aromatic rings. The molecule has 0 saturated carbocycles. The summed E-state index contributed by atoms with van der Waals surface area (Å²) in [4.78, 5) is 43.0. The normalized spacial score (nSPS) is 16.1. The Morgan fingerprint density at radius 3 is 2.90 bits per heavy atom. The third kappa shape index (κ3) is 3.89. The van der Waals surface area contributed by atoms with Gasteiger partial charge in [-0.1, -0.05) is 6.07 Å². The van der Waals surface area contributed by atoms with Crippen molar-refractivity contribution < 1.29 is 23.5 Å². The van der Waals surface area contributed by atoms with Gasteiger partial charge < -0.3 is 19.4 Å². The van der Waals surface area contributed by atoms with Crippen molar-refractivity contribution in [2.24, 2.45) is 5.92 Å². The second-order valence-corrected chi connectivity index (χ2v) is 7.08. The van der Waals surface area contributed by atoms with Crippen LogP contribution in [0.15, 0.2) is 46.9 Å². The van der Waals surface area contributed by atoms with Gasteiger partial charge in [0.2, 0.25) is 11.8 Å². The minimum absolute atomic E-state index is 0.110. The highest BCUT2D eigenvalue weighted by atomic mass is 16.5. The molecule has 0 aliphatic carbocycles. The number of carbonyl (C=O) groups excluding carboxylic acids is 3. The van der Waals surface area contributed by atoms with Gasteiger partial charge in [-0.3, -0.25) is 9.59 Å². The van der Waals surface area contributed by atoms with E-state index in [1.54, 1.807) is 61.2 Å². The van der Waals surface area contributed by atoms with E-state index in [9.17, 15) is 14.4 Å². The Morgan fingerprint density at radius 1 is 1.27 bits per heavy atom. The number of oxazole rings is 1. The lowest BCUT2D eigenvalue weighted by Gasteiger charge is -2.16. The first-order valence-corrected chi connectivity index (χ1v) is 9.70. The van der Waals surface area contributed by atoms with E-state index in [-0.39, 0.29) is 31.4 Å². The molecule has 0 radical (unpaired) electrons. The molecule has 1 N–H and O–H groups in total. The second kappa shape index (κ2) is 7.98. The number of nitrogens with one attached hydrogen (secondary N) is 1. The van der Waals surface area contributed by atoms with Gasteiger partial charge in [-0.2, -0.15) is 0 Å². The van der Waals surface area contributed by atoms with Gasteiger partial charge in [0.05, 0.1) is 18.1 Å². The number of carbonyl (C=O) groups is 3. The summed E-state index contributed by atoms with van der Waals surface area (Å²) in [5.74, 6) is -0.801. The van der Waals surface area contributed by atoms with E-state index in [4.69, 9.17) is 9.15 Å². The van der Waals surface area contributed by atoms with Crippen LogP contribution in [0.5, 0.6) is 0 Å². The lowest BCUT2D eigenvalue weighted by Crippen LogP contribution is -2.28. The van der Waals surface area contributed by atoms with Gasteiger partial charge in [-0.15, -0.1) is 0 Å². The average Bonchev–Trinajstić information content (AvgIpc) is 3.29. The minimum atomic E-state index is -0.501. The standard InChI is InChI=1S/C22H21N3O5/c1-3-29-22(28)14-5-4-6-16(9-14)24-21(27)15-10-20(26)25(12-15)17-7-8-19-18(11-17)23-13(2)30-19/h4-9,11,15H,3,10,12H2,1-2H3,(H,24,27)/t15-/m1/s1. The van der Waals surface area contributed by atoms with Crippen molar-refractivity contribution in [1.82, 2.24) is 4.98 Å². The maximum absolute atomic E-state index is 12.7. The zero-order valence-electron chi connectivity index (χ0n) is 16.7. The van der Waals surface area contributed by atoms with Gasteiger partial charge in [-0.25, -0.2) is 9.78 Å². The summed E-state index contributed by atoms with van der Waals surface area (Å²) in [6.07, 6.45) is 0.110. The number of fused-ring (bicyclic) bond motifs is 1. The maximum atomic E-state index is 12.7. The van der Waals surface area contributed by atoms with Crippen molar-refractivity contribution in [2.75, 3.05) is 23.4 Å². The molecular formula is C22H21N3O5. The summed E-state index contributed by atoms with van der Waals surface area (Å²) in [5.41, 5.74) is 2.84. The van der Waals surface area contributed by atoms with E-state index in [2.05, 4.69) is 10.3 Å². The van der Waals surface area contributed by atoms with E-state index >= 15 is 0 Å². The first-order chi connectivity index (χ1) is 14.4. The molecule has 2 heterocycles. The predicted octanol–water partition coefficient (Wildman–Crippen LogP) is 3.30. The first-order valence-electron chi connectivity index (χ1n) is 9.70. The van der Waals surface area contributed by atoms with Crippen LogP contribution in [0.3, 0.4) is 0 Å². The summed E-state index contributed by atoms with van der Waals surface area (Å²) in [6, 6.07) is 11.9. The van der Waals surface area contributed by atoms with Gasteiger partial charge in [0, 0.05) is 31.3 Å². The summed E-state index contributed by atoms with van der Waals surface area (Å²) in [6.45, 7) is 4.03. The zero-order chi connectivity index (χ0) is 21.3. The largest absolute Gasteiger partial charge is 0.462 e. The highest BCUT2D eigenvalue weighted by molar-refractivity contribution is 6.04. The Morgan fingerprint density at radius 2 is 2.10 bits per heavy atom. The van der Waals surface area contributed by atoms with Crippen LogP contribution >= 0.6 is 0 Å². The molecule has 1 aromatic heterocycles. The summed E-state index contributed by atoms with van der Waals surface area (Å²) < 4.78 is 10.5. The number of aromatic nitrogens is 1. The zero-order valence-corrected chi connectivity index (χ0v) is 16.7. The molecule has 4 rings (SSSR count). The molecule has 1 aliphatic rings. The number of aryl methyl sites for hydroxylation is 1. The van der Waals surface area contributed by atoms with Crippen molar-refractivity contribution >= 4 is 40.3 Å². The molecule has 0 bridgehead atoms. The van der Waals surface area contributed by atoms with Crippen molar-refractivity contribution in [1.29, 1.82) is 0 Å². The number of ether oxygens (including phenoxy) is 1. The molecule has 1 aliphatic heterocycles. The topological polar surface area (TPSA) is 102 Å². The molecule has 1 fully saturated rings. The smallest absolute Gasteiger partial charge is 0.338 e. The quantitative estimate of drug-likeness (QED) is 0.651. The molecule has 0 spiro atoms. The van der Waals surface area contributed by atoms with Crippen molar-refractivity contribution in [2.45, 2.75) is 20.3 Å². The SMILES string of the molecule is CCOC(=O)c1cccc(NC(=O)[C@@H]2CC(=O)N(c3ccc4oc(C)nc4c3)C2)c1. The number of hydrogen-bond donors (Lipinski definition) is 1. The highest BCUT2D eigenvalue weighted by Crippen LogP contribution is 2.29. The van der Waals surface area contributed by atoms with E-state index in [0.29, 0.717) is 33.9 Å². The lowest BCUT2D eigenvalue weighted by atomic mass is 10.1. The van der Waals surface area contributed by atoms with Crippen molar-refractivity contribution in [3.63, 3.8) is 0 Å². The number of esters is 1. The Hall–Kier alpha value is -3.68. The van der Waals surface area contributed by atoms with Gasteiger partial charge in [-0.05, 0) is 43.3 Å². The lowest BCUT2D eigenvalue weighted by molar-refractivity contribution is -0.122. The van der Waals surface area contributed by atoms with Crippen LogP contribution in [0.4, 0.5) is 11.4 Å². The van der Waals surface area contributed by atoms with E-state index in [1.807, 2.05) is 0 Å². The van der Waals surface area contributed by atoms with E-state index in [1.165, 1.54) is 0 Å². The molecule has 0 unspecified atom stereocenters. The Kier molecular flexibility index (Phi) is 5.22. The van der Waals surface area contributed by atoms with Gasteiger partial charge in [0.25, 0.3) is 0 Å². The van der Waals surface area contributed by atoms with Crippen LogP contribution in [0.25, 0.3) is 11.1 Å². The Balaban J connectivity index is 1.46. The van der Waals surface area contributed by atoms with Crippen LogP contribution in [-0.4, -0.2) is 35.9 Å². The van der Waals surface area contributed by atoms with Crippen molar-refractivity contribution in [3.8, 4) is 0 Å². The van der Waals surface area contributed by atoms with Crippen LogP contribution in [-0.2, 0) is 14.3 Å². The molecule has 1 saturated heterocycles. The molecular weight excluding hydrogens is 386 g/mol. The fourth-order valence-electron chi connectivity index (χ4n) is 3.51. The number of rotatable bonds is 5. The molecule has 1 atom stereocenters. The third-order valence-corrected chi connectivity index (χ3v) is 4.93. The Bertz CT molecular complexity index is 1140. The fraction of sp³-hybridized carbons (Fsp3) is 0.273. The first kappa shape index (κ1) is 19.6. The van der Waals surface area contributed by atoms with E-state index in [0.717, 1.165) is 0 Å². The number of benzene rings is 2. The number of anilines is 2. The van der Waals surface area contributed by atoms with Crippen molar-refractivity contribution in [3.05, 3.63) is 53.9 Å². The van der Waals surface area contributed by atoms with Crippen LogP contribution in [0, 0.1) is 12.8 Å². The average molecular weight is 407 g/mol. The number of nitrogens with zero attached hydrogens (tertiary/aromatic N) is 2. The number of hydrogen-bond acceptors (Lipinski definition) is 6. The van der Waals surface area contributed by atoms with Crippen LogP contribution in [0.1, 0.15) is 29.6 Å². The Labute approximate surface area is 172 Å². The van der Waals surface area contributed by atoms with Crippen LogP contribution < -0.4 is 10.2 Å². The van der Waals surface area contributed by atoms with Gasteiger partial charge >= 0.3 is 5.97 Å². The minimum Gasteiger partial charge on any atom is -0.462 e. The molecule has 8 nitrogen and oxygen atoms in total. The molecule has 2 amide bonds. The predicted molar refractivity (Wildman–Crippen MR) is 110 cm³/mol.